The third kappa shape index (κ3) is 3.58. The maximum atomic E-state index is 12.6. The van der Waals surface area contributed by atoms with E-state index >= 15 is 0 Å². The van der Waals surface area contributed by atoms with Gasteiger partial charge in [0.1, 0.15) is 12.6 Å². The number of nitrogens with one attached hydrogen (secondary N) is 1. The minimum Gasteiger partial charge on any atom is -0.350 e. The van der Waals surface area contributed by atoms with Crippen molar-refractivity contribution in [2.75, 3.05) is 11.4 Å². The summed E-state index contributed by atoms with van der Waals surface area (Å²) in [6.45, 7) is 9.14. The number of rotatable bonds is 5. The van der Waals surface area contributed by atoms with Crippen LogP contribution in [0.1, 0.15) is 39.7 Å². The molecule has 0 aromatic heterocycles. The van der Waals surface area contributed by atoms with Crippen LogP contribution in [0.25, 0.3) is 0 Å². The minimum absolute atomic E-state index is 0.256. The zero-order valence-electron chi connectivity index (χ0n) is 14.9. The summed E-state index contributed by atoms with van der Waals surface area (Å²) in [6, 6.07) is 6.31. The molecule has 0 aliphatic carbocycles. The van der Waals surface area contributed by atoms with Crippen LogP contribution in [-0.2, 0) is 9.59 Å². The van der Waals surface area contributed by atoms with Crippen molar-refractivity contribution in [1.29, 1.82) is 0 Å². The molecule has 1 aromatic rings. The first-order valence-electron chi connectivity index (χ1n) is 8.18. The van der Waals surface area contributed by atoms with E-state index < -0.39 is 12.1 Å². The van der Waals surface area contributed by atoms with Crippen molar-refractivity contribution in [2.24, 2.45) is 0 Å². The summed E-state index contributed by atoms with van der Waals surface area (Å²) >= 11 is 0. The van der Waals surface area contributed by atoms with Gasteiger partial charge in [-0.2, -0.15) is 0 Å². The van der Waals surface area contributed by atoms with Crippen LogP contribution in [0.5, 0.6) is 0 Å². The van der Waals surface area contributed by atoms with E-state index in [-0.39, 0.29) is 23.9 Å². The largest absolute Gasteiger partial charge is 0.350 e. The molecule has 1 N–H and O–H groups in total. The Hall–Kier alpha value is -2.37. The molecular weight excluding hydrogens is 306 g/mol. The molecule has 1 heterocycles. The van der Waals surface area contributed by atoms with Crippen LogP contribution in [0.15, 0.2) is 24.3 Å². The van der Waals surface area contributed by atoms with Gasteiger partial charge in [-0.3, -0.25) is 19.4 Å². The molecular formula is C18H25N3O3. The van der Waals surface area contributed by atoms with Crippen LogP contribution in [0.2, 0.25) is 0 Å². The number of benzene rings is 1. The van der Waals surface area contributed by atoms with Gasteiger partial charge in [0.15, 0.2) is 0 Å². The summed E-state index contributed by atoms with van der Waals surface area (Å²) < 4.78 is 0. The standard InChI is InChI=1S/C18H25N3O3/c1-6-18(4,5)19-15(22)11-20-16(23)13(3)21(17(20)24)14-9-7-12(2)8-10-14/h7-10,13H,6,11H2,1-5H3,(H,19,22). The molecule has 2 rings (SSSR count). The predicted octanol–water partition coefficient (Wildman–Crippen LogP) is 2.46. The molecule has 1 fully saturated rings. The highest BCUT2D eigenvalue weighted by Crippen LogP contribution is 2.26. The zero-order chi connectivity index (χ0) is 18.1. The van der Waals surface area contributed by atoms with Crippen molar-refractivity contribution in [3.8, 4) is 0 Å². The van der Waals surface area contributed by atoms with Crippen molar-refractivity contribution in [3.05, 3.63) is 29.8 Å². The summed E-state index contributed by atoms with van der Waals surface area (Å²) in [7, 11) is 0. The summed E-state index contributed by atoms with van der Waals surface area (Å²) in [6.07, 6.45) is 0.756. The van der Waals surface area contributed by atoms with Gasteiger partial charge in [-0.05, 0) is 46.2 Å². The average Bonchev–Trinajstić information content (AvgIpc) is 2.72. The molecule has 1 atom stereocenters. The third-order valence-electron chi connectivity index (χ3n) is 4.42. The number of anilines is 1. The Labute approximate surface area is 142 Å². The minimum atomic E-state index is -0.618. The monoisotopic (exact) mass is 331 g/mol. The van der Waals surface area contributed by atoms with E-state index in [1.807, 2.05) is 39.8 Å². The van der Waals surface area contributed by atoms with Crippen LogP contribution >= 0.6 is 0 Å². The fraction of sp³-hybridized carbons (Fsp3) is 0.500. The number of urea groups is 1. The number of aryl methyl sites for hydroxylation is 1. The van der Waals surface area contributed by atoms with E-state index in [0.29, 0.717) is 5.69 Å². The first-order chi connectivity index (χ1) is 11.2. The number of hydrogen-bond acceptors (Lipinski definition) is 3. The second-order valence-corrected chi connectivity index (χ2v) is 6.87. The maximum Gasteiger partial charge on any atom is 0.332 e. The first kappa shape index (κ1) is 18.0. The van der Waals surface area contributed by atoms with Crippen LogP contribution in [0.3, 0.4) is 0 Å². The average molecular weight is 331 g/mol. The molecule has 0 spiro atoms. The van der Waals surface area contributed by atoms with Gasteiger partial charge in [0.05, 0.1) is 0 Å². The smallest absolute Gasteiger partial charge is 0.332 e. The van der Waals surface area contributed by atoms with Gasteiger partial charge in [-0.15, -0.1) is 0 Å². The molecule has 0 saturated carbocycles. The molecule has 1 unspecified atom stereocenters. The van der Waals surface area contributed by atoms with E-state index in [2.05, 4.69) is 5.32 Å². The summed E-state index contributed by atoms with van der Waals surface area (Å²) in [4.78, 5) is 39.7. The fourth-order valence-electron chi connectivity index (χ4n) is 2.56. The third-order valence-corrected chi connectivity index (χ3v) is 4.42. The van der Waals surface area contributed by atoms with Crippen LogP contribution in [0, 0.1) is 6.92 Å². The fourth-order valence-corrected chi connectivity index (χ4v) is 2.56. The van der Waals surface area contributed by atoms with Gasteiger partial charge in [0, 0.05) is 11.2 Å². The van der Waals surface area contributed by atoms with E-state index in [4.69, 9.17) is 0 Å². The highest BCUT2D eigenvalue weighted by atomic mass is 16.2. The van der Waals surface area contributed by atoms with Crippen molar-refractivity contribution < 1.29 is 14.4 Å². The van der Waals surface area contributed by atoms with E-state index in [1.54, 1.807) is 19.1 Å². The molecule has 1 aromatic carbocycles. The topological polar surface area (TPSA) is 69.7 Å². The van der Waals surface area contributed by atoms with Gasteiger partial charge < -0.3 is 5.32 Å². The highest BCUT2D eigenvalue weighted by molar-refractivity contribution is 6.15. The van der Waals surface area contributed by atoms with Gasteiger partial charge >= 0.3 is 6.03 Å². The van der Waals surface area contributed by atoms with Crippen molar-refractivity contribution in [3.63, 3.8) is 0 Å². The Bertz CT molecular complexity index is 652. The Kier molecular flexibility index (Phi) is 4.96. The lowest BCUT2D eigenvalue weighted by Gasteiger charge is -2.25. The van der Waals surface area contributed by atoms with E-state index in [1.165, 1.54) is 4.90 Å². The highest BCUT2D eigenvalue weighted by Gasteiger charge is 2.44. The molecule has 6 heteroatoms. The van der Waals surface area contributed by atoms with Crippen LogP contribution in [-0.4, -0.2) is 40.9 Å². The first-order valence-corrected chi connectivity index (χ1v) is 8.18. The van der Waals surface area contributed by atoms with E-state index in [0.717, 1.165) is 16.9 Å². The van der Waals surface area contributed by atoms with Gasteiger partial charge in [-0.25, -0.2) is 4.79 Å². The van der Waals surface area contributed by atoms with Crippen LogP contribution in [0.4, 0.5) is 10.5 Å². The number of hydrogen-bond donors (Lipinski definition) is 1. The molecule has 1 aliphatic rings. The van der Waals surface area contributed by atoms with Gasteiger partial charge in [0.25, 0.3) is 5.91 Å². The summed E-state index contributed by atoms with van der Waals surface area (Å²) in [5, 5.41) is 2.85. The van der Waals surface area contributed by atoms with Crippen molar-refractivity contribution in [1.82, 2.24) is 10.2 Å². The lowest BCUT2D eigenvalue weighted by atomic mass is 10.0. The van der Waals surface area contributed by atoms with Gasteiger partial charge in [0.2, 0.25) is 5.91 Å². The van der Waals surface area contributed by atoms with E-state index in [9.17, 15) is 14.4 Å². The molecule has 24 heavy (non-hydrogen) atoms. The van der Waals surface area contributed by atoms with Crippen molar-refractivity contribution in [2.45, 2.75) is 52.6 Å². The number of carbonyl (C=O) groups excluding carboxylic acids is 3. The molecule has 0 bridgehead atoms. The number of imide groups is 1. The maximum absolute atomic E-state index is 12.6. The Morgan fingerprint density at radius 2 is 1.79 bits per heavy atom. The normalized spacial score (nSPS) is 18.3. The number of carbonyl (C=O) groups is 3. The Balaban J connectivity index is 2.15. The number of nitrogens with zero attached hydrogens (tertiary/aromatic N) is 2. The lowest BCUT2D eigenvalue weighted by Crippen LogP contribution is -2.48. The second kappa shape index (κ2) is 6.63. The summed E-state index contributed by atoms with van der Waals surface area (Å²) in [5.41, 5.74) is 1.36. The molecule has 1 saturated heterocycles. The Morgan fingerprint density at radius 3 is 2.33 bits per heavy atom. The molecule has 130 valence electrons. The molecule has 1 aliphatic heterocycles. The number of amides is 4. The second-order valence-electron chi connectivity index (χ2n) is 6.87. The van der Waals surface area contributed by atoms with Gasteiger partial charge in [-0.1, -0.05) is 24.6 Å². The summed E-state index contributed by atoms with van der Waals surface area (Å²) in [5.74, 6) is -0.688. The zero-order valence-corrected chi connectivity index (χ0v) is 14.9. The quantitative estimate of drug-likeness (QED) is 0.843. The van der Waals surface area contributed by atoms with Crippen LogP contribution < -0.4 is 10.2 Å². The molecule has 6 nitrogen and oxygen atoms in total. The Morgan fingerprint density at radius 1 is 1.21 bits per heavy atom. The lowest BCUT2D eigenvalue weighted by molar-refractivity contribution is -0.132. The SMILES string of the molecule is CCC(C)(C)NC(=O)CN1C(=O)C(C)N(c2ccc(C)cc2)C1=O. The van der Waals surface area contributed by atoms with Crippen molar-refractivity contribution >= 4 is 23.5 Å². The molecule has 0 radical (unpaired) electrons. The predicted molar refractivity (Wildman–Crippen MR) is 92.7 cm³/mol. The molecule has 4 amide bonds.